The number of nitrogens with zero attached hydrogens (tertiary/aromatic N) is 2. The Balaban J connectivity index is 2.24. The summed E-state index contributed by atoms with van der Waals surface area (Å²) in [6, 6.07) is 12.1. The Hall–Kier alpha value is -2.53. The van der Waals surface area contributed by atoms with E-state index in [1.165, 1.54) is 10.7 Å². The predicted molar refractivity (Wildman–Crippen MR) is 78.0 cm³/mol. The summed E-state index contributed by atoms with van der Waals surface area (Å²) >= 11 is 6.17. The molecule has 2 heterocycles. The smallest absolute Gasteiger partial charge is 0.356 e. The minimum Gasteiger partial charge on any atom is -0.476 e. The molecule has 0 saturated carbocycles. The molecule has 3 aromatic rings. The molecule has 21 heavy (non-hydrogen) atoms. The van der Waals surface area contributed by atoms with Crippen LogP contribution in [-0.4, -0.2) is 20.9 Å². The summed E-state index contributed by atoms with van der Waals surface area (Å²) in [5, 5.41) is 13.7. The van der Waals surface area contributed by atoms with Gasteiger partial charge in [0.1, 0.15) is 11.5 Å². The summed E-state index contributed by atoms with van der Waals surface area (Å²) in [6.07, 6.45) is 0. The van der Waals surface area contributed by atoms with Gasteiger partial charge >= 0.3 is 5.97 Å². The van der Waals surface area contributed by atoms with Crippen LogP contribution in [0.1, 0.15) is 16.2 Å². The van der Waals surface area contributed by atoms with Crippen LogP contribution < -0.4 is 0 Å². The Morgan fingerprint density at radius 2 is 2.05 bits per heavy atom. The maximum atomic E-state index is 11.2. The van der Waals surface area contributed by atoms with Crippen LogP contribution in [-0.2, 0) is 0 Å². The fourth-order valence-electron chi connectivity index (χ4n) is 2.04. The van der Waals surface area contributed by atoms with Gasteiger partial charge in [0.2, 0.25) is 0 Å². The summed E-state index contributed by atoms with van der Waals surface area (Å²) in [5.41, 5.74) is 1.06. The monoisotopic (exact) mass is 302 g/mol. The van der Waals surface area contributed by atoms with E-state index in [4.69, 9.17) is 21.1 Å². The normalized spacial score (nSPS) is 10.8. The lowest BCUT2D eigenvalue weighted by Crippen LogP contribution is -2.02. The second-order valence-corrected chi connectivity index (χ2v) is 4.90. The van der Waals surface area contributed by atoms with Crippen LogP contribution in [0.25, 0.3) is 17.1 Å². The third-order valence-electron chi connectivity index (χ3n) is 3.00. The summed E-state index contributed by atoms with van der Waals surface area (Å²) in [6.45, 7) is 1.82. The molecule has 0 saturated heterocycles. The summed E-state index contributed by atoms with van der Waals surface area (Å²) in [7, 11) is 0. The minimum atomic E-state index is -1.11. The number of para-hydroxylation sites is 1. The van der Waals surface area contributed by atoms with E-state index in [9.17, 15) is 4.79 Å². The largest absolute Gasteiger partial charge is 0.476 e. The van der Waals surface area contributed by atoms with Gasteiger partial charge in [-0.1, -0.05) is 23.7 Å². The molecule has 0 radical (unpaired) electrons. The predicted octanol–water partition coefficient (Wildman–Crippen LogP) is 3.79. The number of rotatable bonds is 3. The van der Waals surface area contributed by atoms with Crippen LogP contribution in [0.4, 0.5) is 0 Å². The first-order chi connectivity index (χ1) is 10.1. The molecule has 106 valence electrons. The Bertz CT molecular complexity index is 820. The zero-order valence-electron chi connectivity index (χ0n) is 11.1. The molecular formula is C15H11ClN2O3. The highest BCUT2D eigenvalue weighted by Gasteiger charge is 2.19. The van der Waals surface area contributed by atoms with Crippen molar-refractivity contribution in [2.24, 2.45) is 0 Å². The maximum Gasteiger partial charge on any atom is 0.356 e. The van der Waals surface area contributed by atoms with Gasteiger partial charge in [0.25, 0.3) is 0 Å². The van der Waals surface area contributed by atoms with Crippen LogP contribution in [0, 0.1) is 6.92 Å². The van der Waals surface area contributed by atoms with E-state index in [1.54, 1.807) is 36.4 Å². The van der Waals surface area contributed by atoms with Gasteiger partial charge in [0.05, 0.1) is 10.7 Å². The van der Waals surface area contributed by atoms with Crippen LogP contribution in [0.2, 0.25) is 5.02 Å². The number of carbonyl (C=O) groups is 1. The number of hydrogen-bond acceptors (Lipinski definition) is 3. The molecule has 1 aromatic carbocycles. The second-order valence-electron chi connectivity index (χ2n) is 4.49. The molecule has 0 atom stereocenters. The molecule has 0 amide bonds. The summed E-state index contributed by atoms with van der Waals surface area (Å²) in [5.74, 6) is 0.159. The van der Waals surface area contributed by atoms with E-state index in [0.717, 1.165) is 5.76 Å². The van der Waals surface area contributed by atoms with Gasteiger partial charge < -0.3 is 9.52 Å². The molecule has 5 nitrogen and oxygen atoms in total. The van der Waals surface area contributed by atoms with Crippen LogP contribution in [0.3, 0.4) is 0 Å². The fraction of sp³-hybridized carbons (Fsp3) is 0.0667. The highest BCUT2D eigenvalue weighted by molar-refractivity contribution is 6.32. The maximum absolute atomic E-state index is 11.2. The van der Waals surface area contributed by atoms with E-state index in [-0.39, 0.29) is 5.69 Å². The van der Waals surface area contributed by atoms with Crippen molar-refractivity contribution >= 4 is 17.6 Å². The average molecular weight is 303 g/mol. The average Bonchev–Trinajstić information content (AvgIpc) is 3.05. The van der Waals surface area contributed by atoms with Gasteiger partial charge in [-0.05, 0) is 31.2 Å². The number of benzene rings is 1. The third kappa shape index (κ3) is 2.43. The lowest BCUT2D eigenvalue weighted by Gasteiger charge is -2.07. The molecule has 0 spiro atoms. The van der Waals surface area contributed by atoms with Crippen molar-refractivity contribution in [3.05, 3.63) is 58.9 Å². The lowest BCUT2D eigenvalue weighted by atomic mass is 10.2. The minimum absolute atomic E-state index is 0.0704. The molecule has 3 rings (SSSR count). The molecule has 0 aliphatic heterocycles. The first-order valence-corrected chi connectivity index (χ1v) is 6.59. The number of aryl methyl sites for hydroxylation is 1. The van der Waals surface area contributed by atoms with Gasteiger partial charge in [-0.25, -0.2) is 9.48 Å². The number of furan rings is 1. The van der Waals surface area contributed by atoms with Gasteiger partial charge in [-0.3, -0.25) is 0 Å². The highest BCUT2D eigenvalue weighted by Crippen LogP contribution is 2.28. The number of aromatic nitrogens is 2. The molecule has 0 aliphatic rings. The van der Waals surface area contributed by atoms with E-state index in [2.05, 4.69) is 5.10 Å². The molecule has 0 fully saturated rings. The number of carboxylic acids is 1. The number of carboxylic acid groups (broad SMARTS) is 1. The Kier molecular flexibility index (Phi) is 3.27. The zero-order valence-corrected chi connectivity index (χ0v) is 11.8. The van der Waals surface area contributed by atoms with Gasteiger partial charge in [-0.2, -0.15) is 5.10 Å². The second kappa shape index (κ2) is 5.10. The van der Waals surface area contributed by atoms with Gasteiger partial charge in [0.15, 0.2) is 11.5 Å². The van der Waals surface area contributed by atoms with Crippen LogP contribution in [0.15, 0.2) is 46.9 Å². The van der Waals surface area contributed by atoms with Crippen molar-refractivity contribution < 1.29 is 14.3 Å². The van der Waals surface area contributed by atoms with Gasteiger partial charge in [-0.15, -0.1) is 0 Å². The molecular weight excluding hydrogens is 292 g/mol. The molecule has 0 aliphatic carbocycles. The first kappa shape index (κ1) is 13.5. The van der Waals surface area contributed by atoms with Crippen molar-refractivity contribution in [3.8, 4) is 17.1 Å². The van der Waals surface area contributed by atoms with E-state index in [0.29, 0.717) is 22.2 Å². The van der Waals surface area contributed by atoms with Crippen molar-refractivity contribution in [2.45, 2.75) is 6.92 Å². The number of aromatic carboxylic acids is 1. The SMILES string of the molecule is Cc1ccc(-c2cc(C(=O)O)nn2-c2ccccc2Cl)o1. The summed E-state index contributed by atoms with van der Waals surface area (Å²) < 4.78 is 7.04. The topological polar surface area (TPSA) is 68.3 Å². The van der Waals surface area contributed by atoms with Crippen molar-refractivity contribution in [2.75, 3.05) is 0 Å². The first-order valence-electron chi connectivity index (χ1n) is 6.21. The molecule has 0 bridgehead atoms. The molecule has 1 N–H and O–H groups in total. The van der Waals surface area contributed by atoms with Crippen molar-refractivity contribution in [3.63, 3.8) is 0 Å². The quantitative estimate of drug-likeness (QED) is 0.799. The molecule has 0 unspecified atom stereocenters. The van der Waals surface area contributed by atoms with Gasteiger partial charge in [0, 0.05) is 6.07 Å². The fourth-order valence-corrected chi connectivity index (χ4v) is 2.26. The lowest BCUT2D eigenvalue weighted by molar-refractivity contribution is 0.0690. The number of hydrogen-bond donors (Lipinski definition) is 1. The van der Waals surface area contributed by atoms with E-state index >= 15 is 0 Å². The standard InChI is InChI=1S/C15H11ClN2O3/c1-9-6-7-14(21-9)13-8-11(15(19)20)17-18(13)12-5-3-2-4-10(12)16/h2-8H,1H3,(H,19,20). The van der Waals surface area contributed by atoms with Crippen molar-refractivity contribution in [1.29, 1.82) is 0 Å². The van der Waals surface area contributed by atoms with Crippen LogP contribution >= 0.6 is 11.6 Å². The van der Waals surface area contributed by atoms with E-state index in [1.807, 2.05) is 6.92 Å². The molecule has 6 heteroatoms. The Morgan fingerprint density at radius 1 is 1.29 bits per heavy atom. The van der Waals surface area contributed by atoms with E-state index < -0.39 is 5.97 Å². The van der Waals surface area contributed by atoms with Crippen LogP contribution in [0.5, 0.6) is 0 Å². The molecule has 2 aromatic heterocycles. The third-order valence-corrected chi connectivity index (χ3v) is 3.32. The summed E-state index contributed by atoms with van der Waals surface area (Å²) in [4.78, 5) is 11.2. The Morgan fingerprint density at radius 3 is 2.67 bits per heavy atom. The Labute approximate surface area is 125 Å². The number of halogens is 1. The zero-order chi connectivity index (χ0) is 15.0. The van der Waals surface area contributed by atoms with Crippen molar-refractivity contribution in [1.82, 2.24) is 9.78 Å². The highest BCUT2D eigenvalue weighted by atomic mass is 35.5.